The molecule has 106 valence electrons. The van der Waals surface area contributed by atoms with E-state index in [1.54, 1.807) is 6.07 Å². The van der Waals surface area contributed by atoms with Crippen LogP contribution in [0.2, 0.25) is 5.02 Å². The van der Waals surface area contributed by atoms with Crippen LogP contribution in [0.3, 0.4) is 0 Å². The summed E-state index contributed by atoms with van der Waals surface area (Å²) < 4.78 is 16.6. The zero-order valence-corrected chi connectivity index (χ0v) is 12.0. The quantitative estimate of drug-likeness (QED) is 0.924. The second kappa shape index (κ2) is 6.46. The molecule has 2 rings (SSSR count). The number of aliphatic hydroxyl groups is 1. The highest BCUT2D eigenvalue weighted by Crippen LogP contribution is 2.43. The maximum Gasteiger partial charge on any atom is 0.167 e. The first-order chi connectivity index (χ1) is 9.19. The first-order valence-electron chi connectivity index (χ1n) is 6.55. The average Bonchev–Trinajstić information content (AvgIpc) is 2.57. The Morgan fingerprint density at radius 1 is 1.37 bits per heavy atom. The third-order valence-electron chi connectivity index (χ3n) is 3.03. The van der Waals surface area contributed by atoms with Gasteiger partial charge >= 0.3 is 0 Å². The molecule has 0 fully saturated rings. The number of hydrogen-bond acceptors (Lipinski definition) is 4. The van der Waals surface area contributed by atoms with Gasteiger partial charge in [-0.25, -0.2) is 0 Å². The van der Waals surface area contributed by atoms with E-state index in [0.717, 1.165) is 5.56 Å². The number of aliphatic hydroxyl groups excluding tert-OH is 1. The van der Waals surface area contributed by atoms with Crippen molar-refractivity contribution in [3.63, 3.8) is 0 Å². The summed E-state index contributed by atoms with van der Waals surface area (Å²) in [6.45, 7) is 5.61. The summed E-state index contributed by atoms with van der Waals surface area (Å²) in [4.78, 5) is 0. The molecule has 5 heteroatoms. The zero-order chi connectivity index (χ0) is 13.8. The van der Waals surface area contributed by atoms with Gasteiger partial charge in [-0.15, -0.1) is 0 Å². The van der Waals surface area contributed by atoms with Crippen molar-refractivity contribution in [2.24, 2.45) is 0 Å². The Morgan fingerprint density at radius 2 is 2.11 bits per heavy atom. The van der Waals surface area contributed by atoms with Crippen molar-refractivity contribution in [2.75, 3.05) is 26.4 Å². The van der Waals surface area contributed by atoms with Crippen molar-refractivity contribution in [1.82, 2.24) is 0 Å². The molecule has 1 atom stereocenters. The predicted molar refractivity (Wildman–Crippen MR) is 73.3 cm³/mol. The molecule has 0 saturated carbocycles. The fourth-order valence-electron chi connectivity index (χ4n) is 2.28. The number of benzene rings is 1. The first kappa shape index (κ1) is 14.4. The minimum atomic E-state index is -0.739. The molecule has 0 saturated heterocycles. The van der Waals surface area contributed by atoms with Gasteiger partial charge in [0.05, 0.1) is 26.4 Å². The molecule has 1 N–H and O–H groups in total. The largest absolute Gasteiger partial charge is 0.490 e. The molecule has 0 radical (unpaired) electrons. The molecule has 1 aromatic carbocycles. The van der Waals surface area contributed by atoms with E-state index in [0.29, 0.717) is 48.3 Å². The first-order valence-corrected chi connectivity index (χ1v) is 6.93. The van der Waals surface area contributed by atoms with Crippen LogP contribution in [-0.2, 0) is 11.2 Å². The second-order valence-electron chi connectivity index (χ2n) is 4.28. The van der Waals surface area contributed by atoms with Crippen LogP contribution in [-0.4, -0.2) is 31.5 Å². The van der Waals surface area contributed by atoms with E-state index in [2.05, 4.69) is 0 Å². The molecule has 0 aliphatic carbocycles. The number of halogens is 1. The summed E-state index contributed by atoms with van der Waals surface area (Å²) in [5, 5.41) is 10.8. The molecule has 0 bridgehead atoms. The predicted octanol–water partition coefficient (Wildman–Crippen LogP) is 2.74. The Labute approximate surface area is 118 Å². The van der Waals surface area contributed by atoms with Crippen LogP contribution in [0.25, 0.3) is 0 Å². The monoisotopic (exact) mass is 286 g/mol. The summed E-state index contributed by atoms with van der Waals surface area (Å²) in [6, 6.07) is 1.76. The Kier molecular flexibility index (Phi) is 4.91. The topological polar surface area (TPSA) is 47.9 Å². The van der Waals surface area contributed by atoms with Gasteiger partial charge in [0.2, 0.25) is 0 Å². The summed E-state index contributed by atoms with van der Waals surface area (Å²) >= 11 is 6.29. The van der Waals surface area contributed by atoms with E-state index in [1.165, 1.54) is 0 Å². The molecule has 1 aliphatic heterocycles. The molecule has 1 heterocycles. The SMILES string of the molecule is CCOc1cc(Cl)c2c(c1OCC)C(O)COCC2. The summed E-state index contributed by atoms with van der Waals surface area (Å²) in [5.41, 5.74) is 1.59. The van der Waals surface area contributed by atoms with Crippen molar-refractivity contribution in [3.05, 3.63) is 22.2 Å². The highest BCUT2D eigenvalue weighted by molar-refractivity contribution is 6.31. The van der Waals surface area contributed by atoms with Gasteiger partial charge in [0.1, 0.15) is 6.10 Å². The van der Waals surface area contributed by atoms with Crippen LogP contribution < -0.4 is 9.47 Å². The van der Waals surface area contributed by atoms with E-state index < -0.39 is 6.10 Å². The van der Waals surface area contributed by atoms with Crippen molar-refractivity contribution in [1.29, 1.82) is 0 Å². The lowest BCUT2D eigenvalue weighted by Crippen LogP contribution is -2.10. The van der Waals surface area contributed by atoms with E-state index in [1.807, 2.05) is 13.8 Å². The Bertz CT molecular complexity index is 448. The van der Waals surface area contributed by atoms with Gasteiger partial charge in [0.15, 0.2) is 11.5 Å². The lowest BCUT2D eigenvalue weighted by atomic mass is 9.99. The van der Waals surface area contributed by atoms with E-state index in [4.69, 9.17) is 25.8 Å². The molecule has 1 unspecified atom stereocenters. The van der Waals surface area contributed by atoms with E-state index >= 15 is 0 Å². The minimum absolute atomic E-state index is 0.249. The lowest BCUT2D eigenvalue weighted by molar-refractivity contribution is 0.0437. The van der Waals surface area contributed by atoms with Gasteiger partial charge in [-0.3, -0.25) is 0 Å². The van der Waals surface area contributed by atoms with Crippen LogP contribution in [0.4, 0.5) is 0 Å². The maximum atomic E-state index is 10.2. The Morgan fingerprint density at radius 3 is 2.79 bits per heavy atom. The molecule has 0 aromatic heterocycles. The number of hydrogen-bond donors (Lipinski definition) is 1. The highest BCUT2D eigenvalue weighted by atomic mass is 35.5. The lowest BCUT2D eigenvalue weighted by Gasteiger charge is -2.20. The Hall–Kier alpha value is -0.970. The molecular weight excluding hydrogens is 268 g/mol. The third kappa shape index (κ3) is 2.96. The molecule has 1 aromatic rings. The number of rotatable bonds is 4. The average molecular weight is 287 g/mol. The fraction of sp³-hybridized carbons (Fsp3) is 0.571. The van der Waals surface area contributed by atoms with Crippen molar-refractivity contribution < 1.29 is 19.3 Å². The molecular formula is C14H19ClO4. The van der Waals surface area contributed by atoms with Crippen LogP contribution in [0.5, 0.6) is 11.5 Å². The van der Waals surface area contributed by atoms with Crippen molar-refractivity contribution in [3.8, 4) is 11.5 Å². The summed E-state index contributed by atoms with van der Waals surface area (Å²) in [7, 11) is 0. The van der Waals surface area contributed by atoms with Crippen LogP contribution in [0.15, 0.2) is 6.07 Å². The molecule has 4 nitrogen and oxygen atoms in total. The fourth-order valence-corrected chi connectivity index (χ4v) is 2.58. The molecule has 19 heavy (non-hydrogen) atoms. The zero-order valence-electron chi connectivity index (χ0n) is 11.2. The molecule has 0 amide bonds. The standard InChI is InChI=1S/C14H19ClO4/c1-3-18-12-7-10(15)9-5-6-17-8-11(16)13(9)14(12)19-4-2/h7,11,16H,3-6,8H2,1-2H3. The smallest absolute Gasteiger partial charge is 0.167 e. The van der Waals surface area contributed by atoms with Crippen LogP contribution in [0.1, 0.15) is 31.1 Å². The Balaban J connectivity index is 2.58. The third-order valence-corrected chi connectivity index (χ3v) is 3.37. The van der Waals surface area contributed by atoms with Gasteiger partial charge < -0.3 is 19.3 Å². The van der Waals surface area contributed by atoms with Crippen molar-refractivity contribution in [2.45, 2.75) is 26.4 Å². The molecule has 1 aliphatic rings. The van der Waals surface area contributed by atoms with Crippen molar-refractivity contribution >= 4 is 11.6 Å². The number of fused-ring (bicyclic) bond motifs is 1. The van der Waals surface area contributed by atoms with Crippen LogP contribution >= 0.6 is 11.6 Å². The second-order valence-corrected chi connectivity index (χ2v) is 4.69. The summed E-state index contributed by atoms with van der Waals surface area (Å²) in [5.74, 6) is 1.16. The van der Waals surface area contributed by atoms with Gasteiger partial charge in [-0.1, -0.05) is 11.6 Å². The van der Waals surface area contributed by atoms with Gasteiger partial charge in [-0.2, -0.15) is 0 Å². The minimum Gasteiger partial charge on any atom is -0.490 e. The maximum absolute atomic E-state index is 10.2. The normalized spacial score (nSPS) is 18.6. The summed E-state index contributed by atoms with van der Waals surface area (Å²) in [6.07, 6.45) is -0.0745. The highest BCUT2D eigenvalue weighted by Gasteiger charge is 2.26. The van der Waals surface area contributed by atoms with Gasteiger partial charge in [0, 0.05) is 16.7 Å². The molecule has 0 spiro atoms. The van der Waals surface area contributed by atoms with E-state index in [-0.39, 0.29) is 6.61 Å². The van der Waals surface area contributed by atoms with Crippen LogP contribution in [0, 0.1) is 0 Å². The van der Waals surface area contributed by atoms with E-state index in [9.17, 15) is 5.11 Å². The van der Waals surface area contributed by atoms with Gasteiger partial charge in [-0.05, 0) is 25.8 Å². The number of ether oxygens (including phenoxy) is 3. The van der Waals surface area contributed by atoms with Gasteiger partial charge in [0.25, 0.3) is 0 Å².